The zero-order valence-electron chi connectivity index (χ0n) is 12.0. The number of nitrogens with zero attached hydrogens (tertiary/aromatic N) is 3. The number of carbonyl (C=O) groups is 2. The summed E-state index contributed by atoms with van der Waals surface area (Å²) in [5.41, 5.74) is -0.139. The molecule has 7 heteroatoms. The Bertz CT molecular complexity index is 550. The molecule has 0 aliphatic carbocycles. The second-order valence-corrected chi connectivity index (χ2v) is 5.35. The molecule has 0 spiro atoms. The number of aromatic nitrogens is 1. The first-order valence-electron chi connectivity index (χ1n) is 6.71. The molecule has 1 aliphatic heterocycles. The Morgan fingerprint density at radius 2 is 2.19 bits per heavy atom. The second kappa shape index (κ2) is 6.17. The normalized spacial score (nSPS) is 22.4. The van der Waals surface area contributed by atoms with Gasteiger partial charge >= 0.3 is 5.97 Å². The number of carbonyl (C=O) groups excluding carboxylic acids is 1. The summed E-state index contributed by atoms with van der Waals surface area (Å²) < 4.78 is 13.7. The van der Waals surface area contributed by atoms with E-state index in [2.05, 4.69) is 4.98 Å². The van der Waals surface area contributed by atoms with Crippen LogP contribution in [0, 0.1) is 5.82 Å². The number of rotatable bonds is 3. The van der Waals surface area contributed by atoms with Gasteiger partial charge in [-0.1, -0.05) is 0 Å². The van der Waals surface area contributed by atoms with Gasteiger partial charge in [-0.25, -0.2) is 9.18 Å². The molecule has 2 heterocycles. The number of hydrogen-bond acceptors (Lipinski definition) is 4. The summed E-state index contributed by atoms with van der Waals surface area (Å²) in [4.78, 5) is 30.6. The fourth-order valence-electron chi connectivity index (χ4n) is 2.60. The summed E-state index contributed by atoms with van der Waals surface area (Å²) in [6, 6.07) is 0.429. The molecular formula is C14H18FN3O3. The van der Waals surface area contributed by atoms with Gasteiger partial charge in [0, 0.05) is 18.8 Å². The second-order valence-electron chi connectivity index (χ2n) is 5.35. The molecule has 21 heavy (non-hydrogen) atoms. The molecule has 2 atom stereocenters. The third-order valence-corrected chi connectivity index (χ3v) is 3.85. The third kappa shape index (κ3) is 3.18. The van der Waals surface area contributed by atoms with E-state index in [-0.39, 0.29) is 11.6 Å². The minimum Gasteiger partial charge on any atom is -0.480 e. The van der Waals surface area contributed by atoms with E-state index in [0.717, 1.165) is 6.20 Å². The molecule has 0 bridgehead atoms. The van der Waals surface area contributed by atoms with Gasteiger partial charge in [0.25, 0.3) is 5.91 Å². The Hall–Kier alpha value is -2.02. The van der Waals surface area contributed by atoms with Gasteiger partial charge in [0.15, 0.2) is 5.82 Å². The van der Waals surface area contributed by atoms with E-state index in [4.69, 9.17) is 0 Å². The highest BCUT2D eigenvalue weighted by Gasteiger charge is 2.37. The van der Waals surface area contributed by atoms with Crippen molar-refractivity contribution in [2.75, 3.05) is 20.6 Å². The van der Waals surface area contributed by atoms with Crippen molar-refractivity contribution in [1.29, 1.82) is 0 Å². The molecule has 2 unspecified atom stereocenters. The van der Waals surface area contributed by atoms with Gasteiger partial charge in [-0.2, -0.15) is 0 Å². The molecule has 1 N–H and O–H groups in total. The minimum absolute atomic E-state index is 0.0948. The number of piperidine rings is 1. The number of carboxylic acid groups (broad SMARTS) is 1. The lowest BCUT2D eigenvalue weighted by Crippen LogP contribution is -2.54. The number of hydrogen-bond donors (Lipinski definition) is 1. The maximum atomic E-state index is 13.7. The Balaban J connectivity index is 2.24. The van der Waals surface area contributed by atoms with Gasteiger partial charge in [0.1, 0.15) is 6.04 Å². The number of amides is 1. The molecule has 114 valence electrons. The van der Waals surface area contributed by atoms with Crippen LogP contribution in [0.25, 0.3) is 0 Å². The number of pyridine rings is 1. The molecule has 0 radical (unpaired) electrons. The van der Waals surface area contributed by atoms with Crippen LogP contribution < -0.4 is 0 Å². The van der Waals surface area contributed by atoms with Crippen LogP contribution in [-0.4, -0.2) is 64.5 Å². The largest absolute Gasteiger partial charge is 0.480 e. The predicted molar refractivity (Wildman–Crippen MR) is 73.4 cm³/mol. The van der Waals surface area contributed by atoms with E-state index in [0.29, 0.717) is 19.4 Å². The average Bonchev–Trinajstić information content (AvgIpc) is 2.46. The van der Waals surface area contributed by atoms with Crippen LogP contribution in [0.5, 0.6) is 0 Å². The molecule has 1 aromatic heterocycles. The molecule has 1 saturated heterocycles. The fourth-order valence-corrected chi connectivity index (χ4v) is 2.60. The lowest BCUT2D eigenvalue weighted by Gasteiger charge is -2.39. The third-order valence-electron chi connectivity index (χ3n) is 3.85. The predicted octanol–water partition coefficient (Wildman–Crippen LogP) is 0.840. The van der Waals surface area contributed by atoms with Crippen molar-refractivity contribution < 1.29 is 19.1 Å². The van der Waals surface area contributed by atoms with Gasteiger partial charge in [0.2, 0.25) is 0 Å². The van der Waals surface area contributed by atoms with E-state index in [9.17, 15) is 19.1 Å². The molecule has 6 nitrogen and oxygen atoms in total. The summed E-state index contributed by atoms with van der Waals surface area (Å²) in [5.74, 6) is -2.40. The molecule has 1 amide bonds. The van der Waals surface area contributed by atoms with E-state index in [1.807, 2.05) is 19.0 Å². The van der Waals surface area contributed by atoms with Crippen LogP contribution in [0.1, 0.15) is 23.2 Å². The minimum atomic E-state index is -1.07. The number of aliphatic carboxylic acids is 1. The standard InChI is InChI=1S/C14H18FN3O3/c1-17(2)9-4-6-18(12(7-9)14(20)21)13(19)10-3-5-16-8-11(10)15/h3,5,8-9,12H,4,6-7H2,1-2H3,(H,20,21). The molecule has 0 saturated carbocycles. The molecular weight excluding hydrogens is 277 g/mol. The highest BCUT2D eigenvalue weighted by Crippen LogP contribution is 2.23. The maximum absolute atomic E-state index is 13.7. The van der Waals surface area contributed by atoms with Gasteiger partial charge in [-0.3, -0.25) is 9.78 Å². The van der Waals surface area contributed by atoms with Crippen molar-refractivity contribution in [2.24, 2.45) is 0 Å². The van der Waals surface area contributed by atoms with Crippen LogP contribution in [0.3, 0.4) is 0 Å². The molecule has 1 aliphatic rings. The average molecular weight is 295 g/mol. The number of halogens is 1. The Morgan fingerprint density at radius 3 is 2.76 bits per heavy atom. The first kappa shape index (κ1) is 15.4. The fraction of sp³-hybridized carbons (Fsp3) is 0.500. The maximum Gasteiger partial charge on any atom is 0.326 e. The van der Waals surface area contributed by atoms with E-state index < -0.39 is 23.7 Å². The van der Waals surface area contributed by atoms with E-state index in [1.54, 1.807) is 0 Å². The monoisotopic (exact) mass is 295 g/mol. The van der Waals surface area contributed by atoms with Crippen molar-refractivity contribution in [3.8, 4) is 0 Å². The van der Waals surface area contributed by atoms with Crippen molar-refractivity contribution in [2.45, 2.75) is 24.9 Å². The van der Waals surface area contributed by atoms with Crippen LogP contribution in [0.4, 0.5) is 4.39 Å². The summed E-state index contributed by atoms with van der Waals surface area (Å²) >= 11 is 0. The van der Waals surface area contributed by atoms with Crippen LogP contribution >= 0.6 is 0 Å². The SMILES string of the molecule is CN(C)C1CCN(C(=O)c2ccncc2F)C(C(=O)O)C1. The Kier molecular flexibility index (Phi) is 4.52. The van der Waals surface area contributed by atoms with Gasteiger partial charge in [-0.05, 0) is 33.0 Å². The summed E-state index contributed by atoms with van der Waals surface area (Å²) in [7, 11) is 3.76. The highest BCUT2D eigenvalue weighted by molar-refractivity contribution is 5.96. The van der Waals surface area contributed by atoms with Crippen molar-refractivity contribution in [3.05, 3.63) is 29.8 Å². The van der Waals surface area contributed by atoms with Crippen molar-refractivity contribution in [3.63, 3.8) is 0 Å². The van der Waals surface area contributed by atoms with Crippen molar-refractivity contribution in [1.82, 2.24) is 14.8 Å². The first-order chi connectivity index (χ1) is 9.91. The molecule has 1 fully saturated rings. The van der Waals surface area contributed by atoms with E-state index >= 15 is 0 Å². The van der Waals surface area contributed by atoms with E-state index in [1.165, 1.54) is 17.2 Å². The van der Waals surface area contributed by atoms with Crippen LogP contribution in [0.2, 0.25) is 0 Å². The van der Waals surface area contributed by atoms with Gasteiger partial charge < -0.3 is 14.9 Å². The lowest BCUT2D eigenvalue weighted by molar-refractivity contribution is -0.144. The quantitative estimate of drug-likeness (QED) is 0.894. The van der Waals surface area contributed by atoms with Crippen molar-refractivity contribution >= 4 is 11.9 Å². The van der Waals surface area contributed by atoms with Crippen LogP contribution in [0.15, 0.2) is 18.5 Å². The zero-order chi connectivity index (χ0) is 15.6. The Labute approximate surface area is 122 Å². The smallest absolute Gasteiger partial charge is 0.326 e. The van der Waals surface area contributed by atoms with Gasteiger partial charge in [-0.15, -0.1) is 0 Å². The summed E-state index contributed by atoms with van der Waals surface area (Å²) in [6.07, 6.45) is 3.27. The molecule has 1 aromatic rings. The molecule has 0 aromatic carbocycles. The lowest BCUT2D eigenvalue weighted by atomic mass is 9.95. The number of carboxylic acids is 1. The highest BCUT2D eigenvalue weighted by atomic mass is 19.1. The molecule has 2 rings (SSSR count). The van der Waals surface area contributed by atoms with Gasteiger partial charge in [0.05, 0.1) is 11.8 Å². The van der Waals surface area contributed by atoms with Crippen LogP contribution in [-0.2, 0) is 4.79 Å². The Morgan fingerprint density at radius 1 is 1.48 bits per heavy atom. The number of likely N-dealkylation sites (tertiary alicyclic amines) is 1. The topological polar surface area (TPSA) is 73.7 Å². The summed E-state index contributed by atoms with van der Waals surface area (Å²) in [5, 5.41) is 9.35. The zero-order valence-corrected chi connectivity index (χ0v) is 12.0. The summed E-state index contributed by atoms with van der Waals surface area (Å²) in [6.45, 7) is 0.292. The first-order valence-corrected chi connectivity index (χ1v) is 6.71.